The SMILES string of the molecule is Cc1nc2ccc(S(=O)(=O)N3CCCCC3)cc2o1. The second kappa shape index (κ2) is 4.61. The maximum atomic E-state index is 12.5. The molecule has 102 valence electrons. The minimum absolute atomic E-state index is 0.290. The summed E-state index contributed by atoms with van der Waals surface area (Å²) in [6.07, 6.45) is 2.97. The topological polar surface area (TPSA) is 63.4 Å². The minimum Gasteiger partial charge on any atom is -0.441 e. The van der Waals surface area contributed by atoms with E-state index < -0.39 is 10.0 Å². The van der Waals surface area contributed by atoms with Crippen molar-refractivity contribution in [3.63, 3.8) is 0 Å². The summed E-state index contributed by atoms with van der Waals surface area (Å²) in [5.74, 6) is 0.544. The van der Waals surface area contributed by atoms with E-state index in [2.05, 4.69) is 4.98 Å². The van der Waals surface area contributed by atoms with E-state index in [0.717, 1.165) is 19.3 Å². The molecule has 0 atom stereocenters. The average molecular weight is 280 g/mol. The normalized spacial score (nSPS) is 17.9. The van der Waals surface area contributed by atoms with Gasteiger partial charge >= 0.3 is 0 Å². The molecule has 0 aliphatic carbocycles. The Hall–Kier alpha value is -1.40. The number of nitrogens with zero attached hydrogens (tertiary/aromatic N) is 2. The molecular formula is C13H16N2O3S. The fourth-order valence-electron chi connectivity index (χ4n) is 2.43. The number of hydrogen-bond donors (Lipinski definition) is 0. The van der Waals surface area contributed by atoms with Gasteiger partial charge in [0.25, 0.3) is 0 Å². The van der Waals surface area contributed by atoms with E-state index >= 15 is 0 Å². The van der Waals surface area contributed by atoms with Crippen LogP contribution in [0.25, 0.3) is 11.1 Å². The summed E-state index contributed by atoms with van der Waals surface area (Å²) in [6.45, 7) is 2.96. The van der Waals surface area contributed by atoms with Gasteiger partial charge in [-0.1, -0.05) is 6.42 Å². The van der Waals surface area contributed by atoms with Crippen molar-refractivity contribution in [2.24, 2.45) is 0 Å². The monoisotopic (exact) mass is 280 g/mol. The van der Waals surface area contributed by atoms with Gasteiger partial charge in [0, 0.05) is 26.1 Å². The molecule has 5 nitrogen and oxygen atoms in total. The number of hydrogen-bond acceptors (Lipinski definition) is 4. The van der Waals surface area contributed by atoms with Gasteiger partial charge in [0.05, 0.1) is 4.90 Å². The lowest BCUT2D eigenvalue weighted by atomic mass is 10.2. The van der Waals surface area contributed by atoms with E-state index in [-0.39, 0.29) is 4.90 Å². The highest BCUT2D eigenvalue weighted by molar-refractivity contribution is 7.89. The Kier molecular flexibility index (Phi) is 3.06. The molecule has 2 heterocycles. The van der Waals surface area contributed by atoms with Crippen molar-refractivity contribution in [1.29, 1.82) is 0 Å². The Bertz CT molecular complexity index is 700. The van der Waals surface area contributed by atoms with Crippen LogP contribution in [-0.4, -0.2) is 30.8 Å². The second-order valence-corrected chi connectivity index (χ2v) is 6.77. The minimum atomic E-state index is -3.40. The van der Waals surface area contributed by atoms with Gasteiger partial charge in [-0.05, 0) is 25.0 Å². The molecule has 3 rings (SSSR count). The van der Waals surface area contributed by atoms with E-state index in [4.69, 9.17) is 4.42 Å². The smallest absolute Gasteiger partial charge is 0.243 e. The largest absolute Gasteiger partial charge is 0.441 e. The van der Waals surface area contributed by atoms with E-state index in [0.29, 0.717) is 30.1 Å². The number of rotatable bonds is 2. The molecule has 0 saturated carbocycles. The van der Waals surface area contributed by atoms with Crippen molar-refractivity contribution in [3.8, 4) is 0 Å². The fraction of sp³-hybridized carbons (Fsp3) is 0.462. The summed E-state index contributed by atoms with van der Waals surface area (Å²) in [7, 11) is -3.40. The molecule has 0 spiro atoms. The molecule has 1 aromatic heterocycles. The van der Waals surface area contributed by atoms with E-state index in [1.807, 2.05) is 0 Å². The number of benzene rings is 1. The van der Waals surface area contributed by atoms with E-state index in [1.54, 1.807) is 29.4 Å². The number of sulfonamides is 1. The zero-order chi connectivity index (χ0) is 13.5. The predicted molar refractivity (Wildman–Crippen MR) is 71.4 cm³/mol. The lowest BCUT2D eigenvalue weighted by molar-refractivity contribution is 0.346. The number of aromatic nitrogens is 1. The zero-order valence-corrected chi connectivity index (χ0v) is 11.6. The molecule has 0 radical (unpaired) electrons. The average Bonchev–Trinajstić information content (AvgIpc) is 2.78. The third-order valence-corrected chi connectivity index (χ3v) is 5.31. The Labute approximate surface area is 112 Å². The first kappa shape index (κ1) is 12.6. The highest BCUT2D eigenvalue weighted by Gasteiger charge is 2.26. The summed E-state index contributed by atoms with van der Waals surface area (Å²) in [4.78, 5) is 4.46. The Morgan fingerprint density at radius 3 is 2.68 bits per heavy atom. The van der Waals surface area contributed by atoms with Crippen molar-refractivity contribution in [1.82, 2.24) is 9.29 Å². The summed E-state index contributed by atoms with van der Waals surface area (Å²) in [5.41, 5.74) is 1.21. The van der Waals surface area contributed by atoms with Gasteiger partial charge in [0.15, 0.2) is 11.5 Å². The van der Waals surface area contributed by atoms with Gasteiger partial charge < -0.3 is 4.42 Å². The van der Waals surface area contributed by atoms with Crippen LogP contribution in [0.1, 0.15) is 25.2 Å². The molecule has 19 heavy (non-hydrogen) atoms. The maximum Gasteiger partial charge on any atom is 0.243 e. The highest BCUT2D eigenvalue weighted by atomic mass is 32.2. The molecule has 0 amide bonds. The Balaban J connectivity index is 2.02. The lowest BCUT2D eigenvalue weighted by Crippen LogP contribution is -2.35. The third-order valence-electron chi connectivity index (χ3n) is 3.42. The standard InChI is InChI=1S/C13H16N2O3S/c1-10-14-12-6-5-11(9-13(12)18-10)19(16,17)15-7-3-2-4-8-15/h5-6,9H,2-4,7-8H2,1H3. The maximum absolute atomic E-state index is 12.5. The first-order valence-electron chi connectivity index (χ1n) is 6.45. The molecule has 0 bridgehead atoms. The van der Waals surface area contributed by atoms with Crippen LogP contribution in [0.4, 0.5) is 0 Å². The van der Waals surface area contributed by atoms with Crippen LogP contribution in [0.2, 0.25) is 0 Å². The van der Waals surface area contributed by atoms with Gasteiger partial charge in [-0.15, -0.1) is 0 Å². The van der Waals surface area contributed by atoms with E-state index in [9.17, 15) is 8.42 Å². The molecule has 1 aromatic carbocycles. The van der Waals surface area contributed by atoms with Crippen LogP contribution in [0.3, 0.4) is 0 Å². The molecule has 1 aliphatic rings. The molecule has 2 aromatic rings. The van der Waals surface area contributed by atoms with Crippen molar-refractivity contribution >= 4 is 21.1 Å². The molecule has 6 heteroatoms. The van der Waals surface area contributed by atoms with E-state index in [1.165, 1.54) is 0 Å². The summed E-state index contributed by atoms with van der Waals surface area (Å²) in [5, 5.41) is 0. The van der Waals surface area contributed by atoms with Gasteiger partial charge in [0.2, 0.25) is 10.0 Å². The Morgan fingerprint density at radius 1 is 1.21 bits per heavy atom. The molecule has 1 aliphatic heterocycles. The van der Waals surface area contributed by atoms with Gasteiger partial charge in [-0.25, -0.2) is 13.4 Å². The fourth-order valence-corrected chi connectivity index (χ4v) is 3.97. The third kappa shape index (κ3) is 2.26. The van der Waals surface area contributed by atoms with Crippen LogP contribution in [-0.2, 0) is 10.0 Å². The molecule has 1 fully saturated rings. The summed E-state index contributed by atoms with van der Waals surface area (Å²) >= 11 is 0. The number of piperidine rings is 1. The number of oxazole rings is 1. The second-order valence-electron chi connectivity index (χ2n) is 4.83. The van der Waals surface area contributed by atoms with Crippen molar-refractivity contribution in [2.75, 3.05) is 13.1 Å². The molecule has 1 saturated heterocycles. The van der Waals surface area contributed by atoms with Crippen LogP contribution in [0.15, 0.2) is 27.5 Å². The first-order valence-corrected chi connectivity index (χ1v) is 7.89. The highest BCUT2D eigenvalue weighted by Crippen LogP contribution is 2.24. The van der Waals surface area contributed by atoms with Gasteiger partial charge in [-0.3, -0.25) is 0 Å². The van der Waals surface area contributed by atoms with Crippen LogP contribution in [0, 0.1) is 6.92 Å². The van der Waals surface area contributed by atoms with Gasteiger partial charge in [0.1, 0.15) is 5.52 Å². The zero-order valence-electron chi connectivity index (χ0n) is 10.8. The summed E-state index contributed by atoms with van der Waals surface area (Å²) < 4.78 is 32.0. The summed E-state index contributed by atoms with van der Waals surface area (Å²) in [6, 6.07) is 4.87. The molecular weight excluding hydrogens is 264 g/mol. The quantitative estimate of drug-likeness (QED) is 0.847. The lowest BCUT2D eigenvalue weighted by Gasteiger charge is -2.25. The number of fused-ring (bicyclic) bond motifs is 1. The molecule has 0 N–H and O–H groups in total. The van der Waals surface area contributed by atoms with Crippen molar-refractivity contribution in [3.05, 3.63) is 24.1 Å². The van der Waals surface area contributed by atoms with Crippen LogP contribution < -0.4 is 0 Å². The van der Waals surface area contributed by atoms with Gasteiger partial charge in [-0.2, -0.15) is 4.31 Å². The Morgan fingerprint density at radius 2 is 1.95 bits per heavy atom. The first-order chi connectivity index (χ1) is 9.07. The van der Waals surface area contributed by atoms with Crippen molar-refractivity contribution < 1.29 is 12.8 Å². The van der Waals surface area contributed by atoms with Crippen molar-refractivity contribution in [2.45, 2.75) is 31.1 Å². The molecule has 0 unspecified atom stereocenters. The van der Waals surface area contributed by atoms with Crippen LogP contribution >= 0.6 is 0 Å². The number of aryl methyl sites for hydroxylation is 1. The van der Waals surface area contributed by atoms with Crippen LogP contribution in [0.5, 0.6) is 0 Å². The predicted octanol–water partition coefficient (Wildman–Crippen LogP) is 2.31.